The number of amides is 3. The summed E-state index contributed by atoms with van der Waals surface area (Å²) in [6.45, 7) is 6.90. The summed E-state index contributed by atoms with van der Waals surface area (Å²) in [6.07, 6.45) is -1.08. The topological polar surface area (TPSA) is 225 Å². The highest BCUT2D eigenvalue weighted by atomic mass is 16.4. The molecule has 0 saturated carbocycles. The number of carbonyl (C=O) groups is 6. The fraction of sp³-hybridized carbons (Fsp3) is 0.700. The van der Waals surface area contributed by atoms with E-state index in [9.17, 15) is 33.9 Å². The van der Waals surface area contributed by atoms with Crippen LogP contribution in [0.15, 0.2) is 0 Å². The van der Waals surface area contributed by atoms with Gasteiger partial charge in [0.1, 0.15) is 18.1 Å². The largest absolute Gasteiger partial charge is 0.481 e. The molecule has 33 heavy (non-hydrogen) atoms. The van der Waals surface area contributed by atoms with Gasteiger partial charge in [-0.25, -0.2) is 4.79 Å². The summed E-state index contributed by atoms with van der Waals surface area (Å²) in [5, 5.41) is 34.0. The number of rotatable bonds is 15. The van der Waals surface area contributed by atoms with Crippen LogP contribution in [0.25, 0.3) is 0 Å². The molecule has 0 aliphatic heterocycles. The number of carboxylic acids is 3. The van der Waals surface area contributed by atoms with Crippen molar-refractivity contribution in [3.05, 3.63) is 0 Å². The summed E-state index contributed by atoms with van der Waals surface area (Å²) in [5.41, 5.74) is 5.75. The van der Waals surface area contributed by atoms with Crippen molar-refractivity contribution in [1.82, 2.24) is 16.0 Å². The molecule has 13 heteroatoms. The van der Waals surface area contributed by atoms with Crippen LogP contribution in [0.2, 0.25) is 0 Å². The van der Waals surface area contributed by atoms with Gasteiger partial charge in [0.25, 0.3) is 0 Å². The number of carboxylic acid groups (broad SMARTS) is 3. The Hall–Kier alpha value is -3.22. The molecule has 0 aromatic heterocycles. The van der Waals surface area contributed by atoms with Gasteiger partial charge in [0.15, 0.2) is 0 Å². The van der Waals surface area contributed by atoms with Crippen LogP contribution in [0.1, 0.15) is 53.4 Å². The van der Waals surface area contributed by atoms with Gasteiger partial charge in [-0.3, -0.25) is 24.0 Å². The quantitative estimate of drug-likeness (QED) is 0.151. The second-order valence-electron chi connectivity index (χ2n) is 8.26. The number of hydrogen-bond acceptors (Lipinski definition) is 7. The zero-order chi connectivity index (χ0) is 25.9. The Labute approximate surface area is 191 Å². The maximum Gasteiger partial charge on any atom is 0.326 e. The van der Waals surface area contributed by atoms with Crippen molar-refractivity contribution in [1.29, 1.82) is 0 Å². The summed E-state index contributed by atoms with van der Waals surface area (Å²) >= 11 is 0. The van der Waals surface area contributed by atoms with Crippen molar-refractivity contribution in [2.75, 3.05) is 0 Å². The van der Waals surface area contributed by atoms with E-state index in [-0.39, 0.29) is 12.3 Å². The molecule has 0 aliphatic rings. The third-order valence-corrected chi connectivity index (χ3v) is 4.86. The van der Waals surface area contributed by atoms with Gasteiger partial charge in [-0.1, -0.05) is 34.1 Å². The van der Waals surface area contributed by atoms with Crippen LogP contribution in [-0.4, -0.2) is 75.1 Å². The van der Waals surface area contributed by atoms with Gasteiger partial charge in [-0.05, 0) is 18.3 Å². The van der Waals surface area contributed by atoms with E-state index in [1.807, 2.05) is 13.8 Å². The number of aliphatic carboxylic acids is 3. The van der Waals surface area contributed by atoms with Crippen LogP contribution >= 0.6 is 0 Å². The Morgan fingerprint density at radius 3 is 1.55 bits per heavy atom. The molecule has 13 nitrogen and oxygen atoms in total. The lowest BCUT2D eigenvalue weighted by Crippen LogP contribution is -2.58. The first-order valence-electron chi connectivity index (χ1n) is 10.5. The molecule has 8 N–H and O–H groups in total. The second-order valence-corrected chi connectivity index (χ2v) is 8.26. The number of nitrogens with one attached hydrogen (secondary N) is 3. The monoisotopic (exact) mass is 474 g/mol. The zero-order valence-corrected chi connectivity index (χ0v) is 19.2. The van der Waals surface area contributed by atoms with E-state index < -0.39 is 78.6 Å². The summed E-state index contributed by atoms with van der Waals surface area (Å²) in [4.78, 5) is 71.3. The Morgan fingerprint density at radius 1 is 0.758 bits per heavy atom. The zero-order valence-electron chi connectivity index (χ0n) is 19.2. The van der Waals surface area contributed by atoms with Crippen LogP contribution < -0.4 is 21.7 Å². The van der Waals surface area contributed by atoms with Gasteiger partial charge in [0.2, 0.25) is 17.7 Å². The van der Waals surface area contributed by atoms with Crippen molar-refractivity contribution in [3.8, 4) is 0 Å². The van der Waals surface area contributed by atoms with Gasteiger partial charge >= 0.3 is 17.9 Å². The van der Waals surface area contributed by atoms with Gasteiger partial charge in [0, 0.05) is 0 Å². The Balaban J connectivity index is 5.59. The first kappa shape index (κ1) is 29.8. The lowest BCUT2D eigenvalue weighted by molar-refractivity contribution is -0.145. The van der Waals surface area contributed by atoms with E-state index in [1.165, 1.54) is 0 Å². The standard InChI is InChI=1S/C20H34N4O9/c1-5-10(4)16(20(32)33)24-19(31)13(8-15(27)28)23-18(30)12(7-14(25)26)22-17(29)11(21)6-9(2)3/h9-13,16H,5-8,21H2,1-4H3,(H,22,29)(H,23,30)(H,24,31)(H,25,26)(H,27,28)(H,32,33). The highest BCUT2D eigenvalue weighted by molar-refractivity contribution is 5.96. The minimum absolute atomic E-state index is 0.0498. The molecule has 0 bridgehead atoms. The van der Waals surface area contributed by atoms with Crippen molar-refractivity contribution in [3.63, 3.8) is 0 Å². The molecular formula is C20H34N4O9. The first-order valence-corrected chi connectivity index (χ1v) is 10.5. The molecule has 5 unspecified atom stereocenters. The number of nitrogens with two attached hydrogens (primary N) is 1. The Morgan fingerprint density at radius 2 is 1.18 bits per heavy atom. The molecule has 0 heterocycles. The molecule has 0 spiro atoms. The number of hydrogen-bond donors (Lipinski definition) is 7. The van der Waals surface area contributed by atoms with E-state index in [0.717, 1.165) is 0 Å². The van der Waals surface area contributed by atoms with E-state index >= 15 is 0 Å². The molecular weight excluding hydrogens is 440 g/mol. The van der Waals surface area contributed by atoms with E-state index in [1.54, 1.807) is 13.8 Å². The summed E-state index contributed by atoms with van der Waals surface area (Å²) in [6, 6.07) is -5.70. The first-order chi connectivity index (χ1) is 15.2. The molecule has 3 amide bonds. The predicted molar refractivity (Wildman–Crippen MR) is 115 cm³/mol. The molecule has 0 rings (SSSR count). The minimum atomic E-state index is -1.71. The predicted octanol–water partition coefficient (Wildman–Crippen LogP) is -1.11. The van der Waals surface area contributed by atoms with Crippen molar-refractivity contribution in [2.45, 2.75) is 77.5 Å². The molecule has 0 aromatic carbocycles. The van der Waals surface area contributed by atoms with Crippen molar-refractivity contribution in [2.24, 2.45) is 17.6 Å². The highest BCUT2D eigenvalue weighted by Gasteiger charge is 2.33. The molecule has 188 valence electrons. The number of carbonyl (C=O) groups excluding carboxylic acids is 3. The van der Waals surface area contributed by atoms with Crippen molar-refractivity contribution < 1.29 is 44.1 Å². The van der Waals surface area contributed by atoms with Gasteiger partial charge in [-0.2, -0.15) is 0 Å². The molecule has 0 saturated heterocycles. The SMILES string of the molecule is CCC(C)C(NC(=O)C(CC(=O)O)NC(=O)C(CC(=O)O)NC(=O)C(N)CC(C)C)C(=O)O. The summed E-state index contributed by atoms with van der Waals surface area (Å²) in [7, 11) is 0. The maximum absolute atomic E-state index is 12.6. The van der Waals surface area contributed by atoms with E-state index in [2.05, 4.69) is 16.0 Å². The molecule has 5 atom stereocenters. The summed E-state index contributed by atoms with van der Waals surface area (Å²) in [5.74, 6) is -7.67. The van der Waals surface area contributed by atoms with Crippen LogP contribution in [0.4, 0.5) is 0 Å². The van der Waals surface area contributed by atoms with Gasteiger partial charge in [-0.15, -0.1) is 0 Å². The smallest absolute Gasteiger partial charge is 0.326 e. The average Bonchev–Trinajstić information content (AvgIpc) is 2.68. The van der Waals surface area contributed by atoms with Gasteiger partial charge < -0.3 is 37.0 Å². The lowest BCUT2D eigenvalue weighted by atomic mass is 9.98. The Bertz CT molecular complexity index is 741. The Kier molecular flexibility index (Phi) is 12.7. The molecule has 0 radical (unpaired) electrons. The molecule has 0 aromatic rings. The van der Waals surface area contributed by atoms with E-state index in [4.69, 9.17) is 15.9 Å². The van der Waals surface area contributed by atoms with Crippen LogP contribution in [0.3, 0.4) is 0 Å². The third-order valence-electron chi connectivity index (χ3n) is 4.86. The van der Waals surface area contributed by atoms with Crippen molar-refractivity contribution >= 4 is 35.6 Å². The average molecular weight is 475 g/mol. The third kappa shape index (κ3) is 11.3. The molecule has 0 fully saturated rings. The van der Waals surface area contributed by atoms with E-state index in [0.29, 0.717) is 6.42 Å². The van der Waals surface area contributed by atoms with Crippen LogP contribution in [0, 0.1) is 11.8 Å². The minimum Gasteiger partial charge on any atom is -0.481 e. The van der Waals surface area contributed by atoms with Gasteiger partial charge in [0.05, 0.1) is 18.9 Å². The lowest BCUT2D eigenvalue weighted by Gasteiger charge is -2.25. The van der Waals surface area contributed by atoms with Crippen LogP contribution in [-0.2, 0) is 28.8 Å². The van der Waals surface area contributed by atoms with Crippen LogP contribution in [0.5, 0.6) is 0 Å². The normalized spacial score (nSPS) is 15.5. The molecule has 0 aliphatic carbocycles. The fourth-order valence-corrected chi connectivity index (χ4v) is 2.87. The maximum atomic E-state index is 12.6. The summed E-state index contributed by atoms with van der Waals surface area (Å²) < 4.78 is 0. The highest BCUT2D eigenvalue weighted by Crippen LogP contribution is 2.09. The fourth-order valence-electron chi connectivity index (χ4n) is 2.87. The second kappa shape index (κ2) is 14.0.